The molecule has 0 aromatic heterocycles. The van der Waals surface area contributed by atoms with Crippen LogP contribution in [0.2, 0.25) is 0 Å². The summed E-state index contributed by atoms with van der Waals surface area (Å²) in [6, 6.07) is 16.7. The molecule has 0 bridgehead atoms. The van der Waals surface area contributed by atoms with E-state index in [0.29, 0.717) is 12.5 Å². The van der Waals surface area contributed by atoms with E-state index < -0.39 is 0 Å². The molecular weight excluding hydrogens is 324 g/mol. The second-order valence-electron chi connectivity index (χ2n) is 6.53. The first kappa shape index (κ1) is 18.4. The topological polar surface area (TPSA) is 62.9 Å². The summed E-state index contributed by atoms with van der Waals surface area (Å²) in [7, 11) is 0. The van der Waals surface area contributed by atoms with Gasteiger partial charge in [0.25, 0.3) is 0 Å². The molecular formula is C21H28N4O. The van der Waals surface area contributed by atoms with Crippen molar-refractivity contribution in [3.05, 3.63) is 65.2 Å². The first-order chi connectivity index (χ1) is 12.7. The maximum atomic E-state index is 6.07. The van der Waals surface area contributed by atoms with Crippen LogP contribution in [0.25, 0.3) is 0 Å². The van der Waals surface area contributed by atoms with Crippen molar-refractivity contribution in [3.8, 4) is 0 Å². The van der Waals surface area contributed by atoms with Crippen molar-refractivity contribution in [1.29, 1.82) is 0 Å². The highest BCUT2D eigenvalue weighted by Crippen LogP contribution is 2.14. The largest absolute Gasteiger partial charge is 0.379 e. The molecule has 1 saturated heterocycles. The maximum Gasteiger partial charge on any atom is 0.193 e. The summed E-state index contributed by atoms with van der Waals surface area (Å²) in [5, 5.41) is 3.17. The van der Waals surface area contributed by atoms with E-state index in [4.69, 9.17) is 10.5 Å². The standard InChI is InChI=1S/C21H28N4O/c1-2-17-7-9-20(10-8-17)24-21(22)23-15-18-5-3-4-6-19(18)16-25-11-13-26-14-12-25/h3-10H,2,11-16H2,1H3,(H3,22,23,24). The minimum atomic E-state index is 0.440. The Morgan fingerprint density at radius 3 is 2.46 bits per heavy atom. The number of rotatable bonds is 6. The van der Waals surface area contributed by atoms with Gasteiger partial charge < -0.3 is 15.8 Å². The van der Waals surface area contributed by atoms with Gasteiger partial charge in [-0.15, -0.1) is 0 Å². The number of nitrogens with zero attached hydrogens (tertiary/aromatic N) is 2. The van der Waals surface area contributed by atoms with Crippen molar-refractivity contribution >= 4 is 11.6 Å². The van der Waals surface area contributed by atoms with Crippen LogP contribution in [0.3, 0.4) is 0 Å². The maximum absolute atomic E-state index is 6.07. The number of aliphatic imine (C=N–C) groups is 1. The van der Waals surface area contributed by atoms with Gasteiger partial charge in [-0.1, -0.05) is 43.3 Å². The SMILES string of the molecule is CCc1ccc(NC(N)=NCc2ccccc2CN2CCOCC2)cc1. The number of hydrogen-bond acceptors (Lipinski definition) is 3. The van der Waals surface area contributed by atoms with E-state index in [0.717, 1.165) is 45.0 Å². The van der Waals surface area contributed by atoms with Crippen LogP contribution in [-0.2, 0) is 24.2 Å². The van der Waals surface area contributed by atoms with Crippen LogP contribution in [-0.4, -0.2) is 37.2 Å². The number of guanidine groups is 1. The van der Waals surface area contributed by atoms with E-state index in [-0.39, 0.29) is 0 Å². The Morgan fingerprint density at radius 2 is 1.77 bits per heavy atom. The molecule has 0 aliphatic carbocycles. The first-order valence-corrected chi connectivity index (χ1v) is 9.27. The van der Waals surface area contributed by atoms with E-state index in [1.54, 1.807) is 0 Å². The Kier molecular flexibility index (Phi) is 6.63. The van der Waals surface area contributed by atoms with Gasteiger partial charge in [0.1, 0.15) is 0 Å². The number of hydrogen-bond donors (Lipinski definition) is 2. The third kappa shape index (κ3) is 5.31. The molecule has 0 unspecified atom stereocenters. The molecule has 3 rings (SSSR count). The summed E-state index contributed by atoms with van der Waals surface area (Å²) in [5.74, 6) is 0.440. The van der Waals surface area contributed by atoms with Gasteiger partial charge in [0.05, 0.1) is 19.8 Å². The molecule has 1 aliphatic heterocycles. The van der Waals surface area contributed by atoms with Crippen LogP contribution in [0.5, 0.6) is 0 Å². The van der Waals surface area contributed by atoms with Crippen molar-refractivity contribution < 1.29 is 4.74 Å². The molecule has 1 aliphatic rings. The average Bonchev–Trinajstić information content (AvgIpc) is 2.69. The highest BCUT2D eigenvalue weighted by Gasteiger charge is 2.12. The molecule has 5 nitrogen and oxygen atoms in total. The fourth-order valence-corrected chi connectivity index (χ4v) is 3.05. The fraction of sp³-hybridized carbons (Fsp3) is 0.381. The van der Waals surface area contributed by atoms with Crippen LogP contribution in [0.4, 0.5) is 5.69 Å². The van der Waals surface area contributed by atoms with Crippen LogP contribution in [0, 0.1) is 0 Å². The third-order valence-corrected chi connectivity index (χ3v) is 4.67. The van der Waals surface area contributed by atoms with E-state index in [1.165, 1.54) is 16.7 Å². The van der Waals surface area contributed by atoms with Crippen LogP contribution >= 0.6 is 0 Å². The van der Waals surface area contributed by atoms with Gasteiger partial charge in [-0.3, -0.25) is 4.90 Å². The van der Waals surface area contributed by atoms with Crippen molar-refractivity contribution in [2.75, 3.05) is 31.6 Å². The lowest BCUT2D eigenvalue weighted by atomic mass is 10.1. The van der Waals surface area contributed by atoms with Gasteiger partial charge in [-0.25, -0.2) is 4.99 Å². The number of nitrogens with two attached hydrogens (primary N) is 1. The Morgan fingerprint density at radius 1 is 1.08 bits per heavy atom. The summed E-state index contributed by atoms with van der Waals surface area (Å²) >= 11 is 0. The Hall–Kier alpha value is -2.37. The Bertz CT molecular complexity index is 721. The summed E-state index contributed by atoms with van der Waals surface area (Å²) in [5.41, 5.74) is 10.9. The number of nitrogens with one attached hydrogen (secondary N) is 1. The predicted octanol–water partition coefficient (Wildman–Crippen LogP) is 3.01. The van der Waals surface area contributed by atoms with Crippen LogP contribution in [0.1, 0.15) is 23.6 Å². The van der Waals surface area contributed by atoms with Crippen molar-refractivity contribution in [2.45, 2.75) is 26.4 Å². The fourth-order valence-electron chi connectivity index (χ4n) is 3.05. The molecule has 138 valence electrons. The molecule has 0 amide bonds. The molecule has 0 radical (unpaired) electrons. The molecule has 0 spiro atoms. The predicted molar refractivity (Wildman–Crippen MR) is 107 cm³/mol. The molecule has 1 heterocycles. The quantitative estimate of drug-likeness (QED) is 0.620. The number of ether oxygens (including phenoxy) is 1. The highest BCUT2D eigenvalue weighted by molar-refractivity contribution is 5.92. The lowest BCUT2D eigenvalue weighted by Crippen LogP contribution is -2.35. The summed E-state index contributed by atoms with van der Waals surface area (Å²) in [4.78, 5) is 6.95. The molecule has 26 heavy (non-hydrogen) atoms. The summed E-state index contributed by atoms with van der Waals surface area (Å²) < 4.78 is 5.43. The van der Waals surface area contributed by atoms with Gasteiger partial charge in [0.15, 0.2) is 5.96 Å². The van der Waals surface area contributed by atoms with Gasteiger partial charge in [0, 0.05) is 25.3 Å². The molecule has 5 heteroatoms. The van der Waals surface area contributed by atoms with Gasteiger partial charge in [-0.2, -0.15) is 0 Å². The van der Waals surface area contributed by atoms with Gasteiger partial charge >= 0.3 is 0 Å². The normalized spacial score (nSPS) is 15.8. The van der Waals surface area contributed by atoms with Crippen molar-refractivity contribution in [2.24, 2.45) is 10.7 Å². The second kappa shape index (κ2) is 9.36. The number of anilines is 1. The van der Waals surface area contributed by atoms with Crippen LogP contribution in [0.15, 0.2) is 53.5 Å². The molecule has 0 saturated carbocycles. The minimum absolute atomic E-state index is 0.440. The monoisotopic (exact) mass is 352 g/mol. The number of aryl methyl sites for hydroxylation is 1. The van der Waals surface area contributed by atoms with E-state index >= 15 is 0 Å². The highest BCUT2D eigenvalue weighted by atomic mass is 16.5. The van der Waals surface area contributed by atoms with Crippen molar-refractivity contribution in [1.82, 2.24) is 4.90 Å². The second-order valence-corrected chi connectivity index (χ2v) is 6.53. The molecule has 3 N–H and O–H groups in total. The van der Waals surface area contributed by atoms with Gasteiger partial charge in [0.2, 0.25) is 0 Å². The van der Waals surface area contributed by atoms with E-state index in [1.807, 2.05) is 12.1 Å². The number of benzene rings is 2. The zero-order valence-electron chi connectivity index (χ0n) is 15.4. The average molecular weight is 352 g/mol. The Labute approximate surface area is 155 Å². The summed E-state index contributed by atoms with van der Waals surface area (Å²) in [6.45, 7) is 7.24. The smallest absolute Gasteiger partial charge is 0.193 e. The molecule has 2 aromatic rings. The zero-order chi connectivity index (χ0) is 18.2. The Balaban J connectivity index is 1.61. The lowest BCUT2D eigenvalue weighted by molar-refractivity contribution is 0.0341. The van der Waals surface area contributed by atoms with Gasteiger partial charge in [-0.05, 0) is 35.2 Å². The zero-order valence-corrected chi connectivity index (χ0v) is 15.4. The third-order valence-electron chi connectivity index (χ3n) is 4.67. The van der Waals surface area contributed by atoms with Crippen molar-refractivity contribution in [3.63, 3.8) is 0 Å². The number of morpholine rings is 1. The molecule has 0 atom stereocenters. The molecule has 2 aromatic carbocycles. The molecule has 1 fully saturated rings. The lowest BCUT2D eigenvalue weighted by Gasteiger charge is -2.27. The van der Waals surface area contributed by atoms with Crippen LogP contribution < -0.4 is 11.1 Å². The minimum Gasteiger partial charge on any atom is -0.379 e. The van der Waals surface area contributed by atoms with E-state index in [2.05, 4.69) is 58.5 Å². The van der Waals surface area contributed by atoms with E-state index in [9.17, 15) is 0 Å². The first-order valence-electron chi connectivity index (χ1n) is 9.27. The summed E-state index contributed by atoms with van der Waals surface area (Å²) in [6.07, 6.45) is 1.03.